The van der Waals surface area contributed by atoms with Crippen LogP contribution in [0.2, 0.25) is 0 Å². The average molecular weight is 190 g/mol. The minimum Gasteiger partial charge on any atom is -0.369 e. The maximum absolute atomic E-state index is 5.43. The zero-order valence-electron chi connectivity index (χ0n) is 7.90. The van der Waals surface area contributed by atoms with E-state index >= 15 is 0 Å². The van der Waals surface area contributed by atoms with Gasteiger partial charge in [-0.25, -0.2) is 5.84 Å². The highest BCUT2D eigenvalue weighted by atomic mass is 15.3. The first-order valence-corrected chi connectivity index (χ1v) is 4.65. The van der Waals surface area contributed by atoms with Gasteiger partial charge in [0.2, 0.25) is 5.96 Å². The molecule has 14 heavy (non-hydrogen) atoms. The molecule has 0 saturated heterocycles. The Morgan fingerprint density at radius 1 is 1.50 bits per heavy atom. The highest BCUT2D eigenvalue weighted by Gasteiger charge is 2.24. The van der Waals surface area contributed by atoms with Crippen LogP contribution in [0.25, 0.3) is 0 Å². The third-order valence-electron chi connectivity index (χ3n) is 2.59. The third-order valence-corrected chi connectivity index (χ3v) is 2.59. The Morgan fingerprint density at radius 3 is 3.00 bits per heavy atom. The summed E-state index contributed by atoms with van der Waals surface area (Å²) in [6, 6.07) is 8.42. The van der Waals surface area contributed by atoms with Gasteiger partial charge in [-0.15, -0.1) is 0 Å². The summed E-state index contributed by atoms with van der Waals surface area (Å²) in [5.74, 6) is 5.92. The fourth-order valence-corrected chi connectivity index (χ4v) is 1.78. The van der Waals surface area contributed by atoms with E-state index in [2.05, 4.69) is 34.7 Å². The van der Waals surface area contributed by atoms with E-state index in [-0.39, 0.29) is 0 Å². The van der Waals surface area contributed by atoms with Crippen molar-refractivity contribution < 1.29 is 0 Å². The van der Waals surface area contributed by atoms with E-state index in [9.17, 15) is 0 Å². The third kappa shape index (κ3) is 1.56. The number of nitrogens with two attached hydrogens (primary N) is 2. The predicted molar refractivity (Wildman–Crippen MR) is 56.7 cm³/mol. The Bertz CT molecular complexity index is 359. The summed E-state index contributed by atoms with van der Waals surface area (Å²) in [6.45, 7) is 0.715. The summed E-state index contributed by atoms with van der Waals surface area (Å²) in [4.78, 5) is 4.12. The molecule has 4 heteroatoms. The van der Waals surface area contributed by atoms with E-state index < -0.39 is 0 Å². The zero-order valence-corrected chi connectivity index (χ0v) is 7.90. The van der Waals surface area contributed by atoms with E-state index in [1.807, 2.05) is 0 Å². The van der Waals surface area contributed by atoms with Gasteiger partial charge in [0, 0.05) is 12.5 Å². The Labute approximate surface area is 83.0 Å². The van der Waals surface area contributed by atoms with Crippen LogP contribution in [0.4, 0.5) is 0 Å². The van der Waals surface area contributed by atoms with Gasteiger partial charge in [0.15, 0.2) is 0 Å². The average Bonchev–Trinajstić information content (AvgIpc) is 2.19. The van der Waals surface area contributed by atoms with Crippen LogP contribution in [0.1, 0.15) is 17.0 Å². The van der Waals surface area contributed by atoms with Crippen molar-refractivity contribution in [3.63, 3.8) is 0 Å². The Balaban J connectivity index is 1.99. The zero-order chi connectivity index (χ0) is 9.97. The molecule has 1 atom stereocenters. The van der Waals surface area contributed by atoms with E-state index in [1.165, 1.54) is 11.1 Å². The van der Waals surface area contributed by atoms with E-state index in [1.54, 1.807) is 0 Å². The summed E-state index contributed by atoms with van der Waals surface area (Å²) < 4.78 is 0. The van der Waals surface area contributed by atoms with Gasteiger partial charge in [0.25, 0.3) is 0 Å². The summed E-state index contributed by atoms with van der Waals surface area (Å²) in [5.41, 5.74) is 10.6. The first-order valence-electron chi connectivity index (χ1n) is 4.65. The monoisotopic (exact) mass is 190 g/mol. The normalized spacial score (nSPS) is 19.8. The molecule has 0 aromatic heterocycles. The SMILES string of the molecule is NNC(N)=NCC1Cc2ccccc21. The Hall–Kier alpha value is -1.55. The Morgan fingerprint density at radius 2 is 2.29 bits per heavy atom. The molecule has 1 aromatic rings. The molecule has 74 valence electrons. The van der Waals surface area contributed by atoms with Crippen LogP contribution in [-0.2, 0) is 6.42 Å². The number of aliphatic imine (C=N–C) groups is 1. The van der Waals surface area contributed by atoms with Crippen molar-refractivity contribution in [1.29, 1.82) is 0 Å². The van der Waals surface area contributed by atoms with Crippen LogP contribution >= 0.6 is 0 Å². The number of nitrogens with one attached hydrogen (secondary N) is 1. The lowest BCUT2D eigenvalue weighted by molar-refractivity contribution is 0.617. The molecule has 0 heterocycles. The van der Waals surface area contributed by atoms with Crippen molar-refractivity contribution in [2.75, 3.05) is 6.54 Å². The van der Waals surface area contributed by atoms with E-state index in [0.717, 1.165) is 6.42 Å². The smallest absolute Gasteiger partial charge is 0.203 e. The standard InChI is InChI=1S/C10H14N4/c11-10(14-12)13-6-8-5-7-3-1-2-4-9(7)8/h1-4,8H,5-6,12H2,(H3,11,13,14). The maximum atomic E-state index is 5.43. The molecule has 1 aromatic carbocycles. The van der Waals surface area contributed by atoms with Crippen molar-refractivity contribution in [1.82, 2.24) is 5.43 Å². The highest BCUT2D eigenvalue weighted by Crippen LogP contribution is 2.34. The molecular weight excluding hydrogens is 176 g/mol. The number of guanidine groups is 1. The summed E-state index contributed by atoms with van der Waals surface area (Å²) in [5, 5.41) is 0. The van der Waals surface area contributed by atoms with Crippen LogP contribution < -0.4 is 17.0 Å². The van der Waals surface area contributed by atoms with Crippen molar-refractivity contribution in [2.45, 2.75) is 12.3 Å². The first kappa shape index (κ1) is 9.02. The number of rotatable bonds is 2. The van der Waals surface area contributed by atoms with Crippen LogP contribution in [0.15, 0.2) is 29.3 Å². The van der Waals surface area contributed by atoms with Crippen molar-refractivity contribution in [3.05, 3.63) is 35.4 Å². The van der Waals surface area contributed by atoms with Gasteiger partial charge in [0.05, 0.1) is 0 Å². The second kappa shape index (κ2) is 3.67. The minimum atomic E-state index is 0.300. The van der Waals surface area contributed by atoms with E-state index in [4.69, 9.17) is 11.6 Å². The number of hydrazine groups is 1. The van der Waals surface area contributed by atoms with Crippen LogP contribution in [-0.4, -0.2) is 12.5 Å². The lowest BCUT2D eigenvalue weighted by Gasteiger charge is -2.28. The Kier molecular flexibility index (Phi) is 2.37. The first-order chi connectivity index (χ1) is 6.81. The number of hydrogen-bond donors (Lipinski definition) is 3. The van der Waals surface area contributed by atoms with Crippen molar-refractivity contribution in [3.8, 4) is 0 Å². The molecule has 0 saturated carbocycles. The van der Waals surface area contributed by atoms with Gasteiger partial charge < -0.3 is 5.73 Å². The van der Waals surface area contributed by atoms with Gasteiger partial charge in [-0.3, -0.25) is 10.4 Å². The van der Waals surface area contributed by atoms with E-state index in [0.29, 0.717) is 18.4 Å². The van der Waals surface area contributed by atoms with Gasteiger partial charge in [0.1, 0.15) is 0 Å². The molecular formula is C10H14N4. The predicted octanol–water partition coefficient (Wildman–Crippen LogP) is 0.104. The fraction of sp³-hybridized carbons (Fsp3) is 0.300. The van der Waals surface area contributed by atoms with Crippen LogP contribution in [0.5, 0.6) is 0 Å². The lowest BCUT2D eigenvalue weighted by Crippen LogP contribution is -2.37. The van der Waals surface area contributed by atoms with Crippen molar-refractivity contribution in [2.24, 2.45) is 16.6 Å². The molecule has 0 radical (unpaired) electrons. The molecule has 1 aliphatic carbocycles. The maximum Gasteiger partial charge on any atom is 0.203 e. The minimum absolute atomic E-state index is 0.300. The van der Waals surface area contributed by atoms with Gasteiger partial charge in [-0.05, 0) is 17.5 Å². The molecule has 1 aliphatic rings. The molecule has 0 fully saturated rings. The van der Waals surface area contributed by atoms with Crippen molar-refractivity contribution >= 4 is 5.96 Å². The van der Waals surface area contributed by atoms with Gasteiger partial charge in [-0.1, -0.05) is 24.3 Å². The molecule has 2 rings (SSSR count). The molecule has 0 spiro atoms. The second-order valence-corrected chi connectivity index (χ2v) is 3.47. The molecule has 0 aliphatic heterocycles. The second-order valence-electron chi connectivity index (χ2n) is 3.47. The van der Waals surface area contributed by atoms with Gasteiger partial charge >= 0.3 is 0 Å². The largest absolute Gasteiger partial charge is 0.369 e. The summed E-state index contributed by atoms with van der Waals surface area (Å²) >= 11 is 0. The highest BCUT2D eigenvalue weighted by molar-refractivity contribution is 5.77. The molecule has 4 nitrogen and oxygen atoms in total. The lowest BCUT2D eigenvalue weighted by atomic mass is 9.78. The number of benzene rings is 1. The van der Waals surface area contributed by atoms with Crippen LogP contribution in [0.3, 0.4) is 0 Å². The number of fused-ring (bicyclic) bond motifs is 1. The van der Waals surface area contributed by atoms with Crippen LogP contribution in [0, 0.1) is 0 Å². The topological polar surface area (TPSA) is 76.4 Å². The molecule has 5 N–H and O–H groups in total. The fourth-order valence-electron chi connectivity index (χ4n) is 1.78. The van der Waals surface area contributed by atoms with Gasteiger partial charge in [-0.2, -0.15) is 0 Å². The quantitative estimate of drug-likeness (QED) is 0.268. The molecule has 0 amide bonds. The molecule has 0 bridgehead atoms. The summed E-state index contributed by atoms with van der Waals surface area (Å²) in [7, 11) is 0. The summed E-state index contributed by atoms with van der Waals surface area (Å²) in [6.07, 6.45) is 1.09. The molecule has 1 unspecified atom stereocenters. The number of hydrogen-bond acceptors (Lipinski definition) is 2. The number of nitrogens with zero attached hydrogens (tertiary/aromatic N) is 1.